The van der Waals surface area contributed by atoms with Gasteiger partial charge in [0, 0.05) is 18.7 Å². The van der Waals surface area contributed by atoms with Crippen molar-refractivity contribution in [1.29, 1.82) is 0 Å². The first-order valence-corrected chi connectivity index (χ1v) is 7.19. The van der Waals surface area contributed by atoms with Crippen molar-refractivity contribution < 1.29 is 9.32 Å². The molecule has 1 atom stereocenters. The largest absolute Gasteiger partial charge is 0.339 e. The van der Waals surface area contributed by atoms with Gasteiger partial charge in [-0.25, -0.2) is 0 Å². The van der Waals surface area contributed by atoms with Crippen LogP contribution in [0.15, 0.2) is 16.8 Å². The predicted octanol–water partition coefficient (Wildman–Crippen LogP) is 2.29. The molecular formula is C14H21N5O2. The summed E-state index contributed by atoms with van der Waals surface area (Å²) in [6.07, 6.45) is 2.54. The molecule has 114 valence electrons. The third-order valence-corrected chi connectivity index (χ3v) is 3.08. The summed E-state index contributed by atoms with van der Waals surface area (Å²) in [5, 5.41) is 10.9. The standard InChI is InChI=1S/C14H21N5O2/c1-5-8-19-11(6-7-15-19)13(20)16-10(4)14-17-12(9(2)3)18-21-14/h6-7,9-10H,5,8H2,1-4H3,(H,16,20)/t10-/m0/s1. The lowest BCUT2D eigenvalue weighted by atomic mass is 10.2. The molecule has 0 bridgehead atoms. The Bertz CT molecular complexity index is 602. The molecule has 0 radical (unpaired) electrons. The molecule has 2 rings (SSSR count). The molecule has 0 spiro atoms. The zero-order valence-corrected chi connectivity index (χ0v) is 12.8. The van der Waals surface area contributed by atoms with Crippen molar-refractivity contribution in [2.24, 2.45) is 0 Å². The molecule has 1 N–H and O–H groups in total. The molecule has 2 heterocycles. The Morgan fingerprint density at radius 1 is 1.43 bits per heavy atom. The van der Waals surface area contributed by atoms with Crippen LogP contribution in [0.1, 0.15) is 68.3 Å². The first-order valence-electron chi connectivity index (χ1n) is 7.19. The number of nitrogens with one attached hydrogen (secondary N) is 1. The maximum atomic E-state index is 12.3. The van der Waals surface area contributed by atoms with Crippen LogP contribution >= 0.6 is 0 Å². The van der Waals surface area contributed by atoms with Crippen molar-refractivity contribution in [2.45, 2.75) is 52.6 Å². The van der Waals surface area contributed by atoms with E-state index in [-0.39, 0.29) is 17.9 Å². The normalized spacial score (nSPS) is 12.6. The number of rotatable bonds is 6. The fourth-order valence-electron chi connectivity index (χ4n) is 1.91. The number of carbonyl (C=O) groups excluding carboxylic acids is 1. The maximum absolute atomic E-state index is 12.3. The van der Waals surface area contributed by atoms with Crippen molar-refractivity contribution in [3.63, 3.8) is 0 Å². The molecule has 0 aliphatic carbocycles. The van der Waals surface area contributed by atoms with Gasteiger partial charge in [-0.05, 0) is 19.4 Å². The summed E-state index contributed by atoms with van der Waals surface area (Å²) in [6.45, 7) is 8.54. The molecular weight excluding hydrogens is 270 g/mol. The summed E-state index contributed by atoms with van der Waals surface area (Å²) >= 11 is 0. The summed E-state index contributed by atoms with van der Waals surface area (Å²) in [4.78, 5) is 16.6. The van der Waals surface area contributed by atoms with Gasteiger partial charge in [0.25, 0.3) is 5.91 Å². The zero-order chi connectivity index (χ0) is 15.4. The van der Waals surface area contributed by atoms with Gasteiger partial charge >= 0.3 is 0 Å². The minimum atomic E-state index is -0.345. The Balaban J connectivity index is 2.05. The van der Waals surface area contributed by atoms with Crippen LogP contribution in [0.3, 0.4) is 0 Å². The quantitative estimate of drug-likeness (QED) is 0.882. The second-order valence-electron chi connectivity index (χ2n) is 5.28. The summed E-state index contributed by atoms with van der Waals surface area (Å²) in [5.74, 6) is 1.05. The fourth-order valence-corrected chi connectivity index (χ4v) is 1.91. The second kappa shape index (κ2) is 6.51. The lowest BCUT2D eigenvalue weighted by molar-refractivity contribution is 0.0921. The van der Waals surface area contributed by atoms with Gasteiger partial charge in [0.2, 0.25) is 5.89 Å². The third-order valence-electron chi connectivity index (χ3n) is 3.08. The number of carbonyl (C=O) groups is 1. The van der Waals surface area contributed by atoms with Gasteiger partial charge in [0.15, 0.2) is 5.82 Å². The highest BCUT2D eigenvalue weighted by molar-refractivity contribution is 5.92. The Morgan fingerprint density at radius 2 is 2.19 bits per heavy atom. The van der Waals surface area contributed by atoms with Gasteiger partial charge in [0.1, 0.15) is 11.7 Å². The second-order valence-corrected chi connectivity index (χ2v) is 5.28. The number of aryl methyl sites for hydroxylation is 1. The molecule has 0 unspecified atom stereocenters. The van der Waals surface area contributed by atoms with Crippen molar-refractivity contribution in [3.05, 3.63) is 29.7 Å². The van der Waals surface area contributed by atoms with Crippen molar-refractivity contribution in [3.8, 4) is 0 Å². The SMILES string of the molecule is CCCn1nccc1C(=O)N[C@@H](C)c1nc(C(C)C)no1. The van der Waals surface area contributed by atoms with Crippen LogP contribution in [0.5, 0.6) is 0 Å². The zero-order valence-electron chi connectivity index (χ0n) is 12.8. The van der Waals surface area contributed by atoms with Crippen LogP contribution in [0.2, 0.25) is 0 Å². The summed E-state index contributed by atoms with van der Waals surface area (Å²) < 4.78 is 6.88. The average molecular weight is 291 g/mol. The molecule has 21 heavy (non-hydrogen) atoms. The molecule has 0 aliphatic heterocycles. The van der Waals surface area contributed by atoms with Crippen LogP contribution in [-0.4, -0.2) is 25.8 Å². The van der Waals surface area contributed by atoms with Crippen LogP contribution in [0, 0.1) is 0 Å². The van der Waals surface area contributed by atoms with E-state index in [1.807, 2.05) is 27.7 Å². The van der Waals surface area contributed by atoms with Crippen LogP contribution in [0.25, 0.3) is 0 Å². The average Bonchev–Trinajstić information content (AvgIpc) is 3.07. The molecule has 0 saturated carbocycles. The highest BCUT2D eigenvalue weighted by Crippen LogP contribution is 2.15. The molecule has 1 amide bonds. The van der Waals surface area contributed by atoms with Gasteiger partial charge in [-0.1, -0.05) is 25.9 Å². The number of aromatic nitrogens is 4. The predicted molar refractivity (Wildman–Crippen MR) is 76.8 cm³/mol. The topological polar surface area (TPSA) is 85.8 Å². The van der Waals surface area contributed by atoms with Gasteiger partial charge in [0.05, 0.1) is 0 Å². The minimum Gasteiger partial charge on any atom is -0.339 e. The van der Waals surface area contributed by atoms with E-state index in [9.17, 15) is 4.79 Å². The minimum absolute atomic E-state index is 0.191. The van der Waals surface area contributed by atoms with Gasteiger partial charge < -0.3 is 9.84 Å². The first kappa shape index (κ1) is 15.2. The maximum Gasteiger partial charge on any atom is 0.270 e. The molecule has 2 aromatic rings. The van der Waals surface area contributed by atoms with Crippen LogP contribution < -0.4 is 5.32 Å². The highest BCUT2D eigenvalue weighted by Gasteiger charge is 2.20. The van der Waals surface area contributed by atoms with Crippen LogP contribution in [0.4, 0.5) is 0 Å². The lowest BCUT2D eigenvalue weighted by Gasteiger charge is -2.10. The van der Waals surface area contributed by atoms with Gasteiger partial charge in [-0.15, -0.1) is 0 Å². The van der Waals surface area contributed by atoms with E-state index in [0.29, 0.717) is 24.0 Å². The highest BCUT2D eigenvalue weighted by atomic mass is 16.5. The summed E-state index contributed by atoms with van der Waals surface area (Å²) in [5.41, 5.74) is 0.535. The van der Waals surface area contributed by atoms with Crippen molar-refractivity contribution in [2.75, 3.05) is 0 Å². The Morgan fingerprint density at radius 3 is 2.81 bits per heavy atom. The third kappa shape index (κ3) is 3.48. The first-order chi connectivity index (χ1) is 10.0. The van der Waals surface area contributed by atoms with Gasteiger partial charge in [-0.2, -0.15) is 10.1 Å². The van der Waals surface area contributed by atoms with Crippen molar-refractivity contribution in [1.82, 2.24) is 25.2 Å². The molecule has 7 nitrogen and oxygen atoms in total. The number of hydrogen-bond donors (Lipinski definition) is 1. The Hall–Kier alpha value is -2.18. The van der Waals surface area contributed by atoms with E-state index in [1.54, 1.807) is 16.9 Å². The molecule has 0 aliphatic rings. The smallest absolute Gasteiger partial charge is 0.270 e. The van der Waals surface area contributed by atoms with E-state index < -0.39 is 0 Å². The van der Waals surface area contributed by atoms with E-state index in [0.717, 1.165) is 6.42 Å². The molecule has 0 fully saturated rings. The number of amides is 1. The number of nitrogens with zero attached hydrogens (tertiary/aromatic N) is 4. The molecule has 7 heteroatoms. The lowest BCUT2D eigenvalue weighted by Crippen LogP contribution is -2.29. The van der Waals surface area contributed by atoms with Crippen molar-refractivity contribution >= 4 is 5.91 Å². The van der Waals surface area contributed by atoms with Crippen LogP contribution in [-0.2, 0) is 6.54 Å². The summed E-state index contributed by atoms with van der Waals surface area (Å²) in [6, 6.07) is 1.35. The monoisotopic (exact) mass is 291 g/mol. The summed E-state index contributed by atoms with van der Waals surface area (Å²) in [7, 11) is 0. The fraction of sp³-hybridized carbons (Fsp3) is 0.571. The van der Waals surface area contributed by atoms with Gasteiger partial charge in [-0.3, -0.25) is 9.48 Å². The Labute approximate surface area is 123 Å². The molecule has 0 saturated heterocycles. The van der Waals surface area contributed by atoms with E-state index >= 15 is 0 Å². The molecule has 2 aromatic heterocycles. The van der Waals surface area contributed by atoms with E-state index in [2.05, 4.69) is 20.6 Å². The van der Waals surface area contributed by atoms with E-state index in [4.69, 9.17) is 4.52 Å². The number of hydrogen-bond acceptors (Lipinski definition) is 5. The van der Waals surface area contributed by atoms with E-state index in [1.165, 1.54) is 0 Å². The molecule has 0 aromatic carbocycles. The Kier molecular flexibility index (Phi) is 4.72.